The predicted octanol–water partition coefficient (Wildman–Crippen LogP) is 33.1. The van der Waals surface area contributed by atoms with Crippen molar-refractivity contribution in [2.75, 3.05) is 0 Å². The molecule has 0 amide bonds. The van der Waals surface area contributed by atoms with E-state index in [9.17, 15) is 0 Å². The Morgan fingerprint density at radius 3 is 0.303 bits per heavy atom. The zero-order valence-corrected chi connectivity index (χ0v) is 72.3. The quantitative estimate of drug-likeness (QED) is 0.0757. The molecule has 22 aromatic rings. The molecule has 0 atom stereocenters. The third-order valence-electron chi connectivity index (χ3n) is 24.3. The molecule has 0 saturated heterocycles. The van der Waals surface area contributed by atoms with Crippen molar-refractivity contribution in [2.45, 2.75) is 0 Å². The summed E-state index contributed by atoms with van der Waals surface area (Å²) in [5.41, 5.74) is 38.2. The molecular weight excluding hydrogens is 1600 g/mol. The van der Waals surface area contributed by atoms with E-state index < -0.39 is 0 Å². The average Bonchev–Trinajstić information content (AvgIpc) is 0.791. The van der Waals surface area contributed by atoms with Crippen LogP contribution < -0.4 is 0 Å². The number of hydrogen-bond donors (Lipinski definition) is 0. The van der Waals surface area contributed by atoms with Gasteiger partial charge in [-0.05, 0) is 210 Å². The highest BCUT2D eigenvalue weighted by molar-refractivity contribution is 5.85. The molecule has 132 heavy (non-hydrogen) atoms. The minimum Gasteiger partial charge on any atom is -0.208 e. The number of aromatic nitrogens is 6. The Labute approximate surface area is 770 Å². The summed E-state index contributed by atoms with van der Waals surface area (Å²) >= 11 is 0. The molecule has 0 spiro atoms. The number of nitrogens with zero attached hydrogens (tertiary/aromatic N) is 6. The van der Waals surface area contributed by atoms with Gasteiger partial charge < -0.3 is 0 Å². The molecule has 0 saturated carbocycles. The van der Waals surface area contributed by atoms with Gasteiger partial charge in [-0.15, -0.1) is 0 Å². The maximum Gasteiger partial charge on any atom is 0.164 e. The second kappa shape index (κ2) is 37.9. The van der Waals surface area contributed by atoms with E-state index >= 15 is 0 Å². The summed E-state index contributed by atoms with van der Waals surface area (Å²) in [4.78, 5) is 30.8. The molecular formula is C126H86N6. The minimum atomic E-state index is 0.613. The Morgan fingerprint density at radius 1 is 0.0682 bits per heavy atom. The lowest BCUT2D eigenvalue weighted by Crippen LogP contribution is -2.00. The van der Waals surface area contributed by atoms with E-state index in [4.69, 9.17) is 29.9 Å². The first kappa shape index (κ1) is 81.5. The summed E-state index contributed by atoms with van der Waals surface area (Å²) < 4.78 is 0. The minimum absolute atomic E-state index is 0.613. The van der Waals surface area contributed by atoms with Gasteiger partial charge in [0.1, 0.15) is 0 Å². The lowest BCUT2D eigenvalue weighted by atomic mass is 9.96. The zero-order chi connectivity index (χ0) is 88.1. The Bertz CT molecular complexity index is 7600. The van der Waals surface area contributed by atoms with Crippen LogP contribution >= 0.6 is 0 Å². The van der Waals surface area contributed by atoms with E-state index in [2.05, 4.69) is 510 Å². The van der Waals surface area contributed by atoms with Gasteiger partial charge in [-0.25, -0.2) is 29.9 Å². The fraction of sp³-hybridized carbons (Fsp3) is 0. The van der Waals surface area contributed by atoms with Crippen LogP contribution in [0.1, 0.15) is 0 Å². The van der Waals surface area contributed by atoms with Crippen molar-refractivity contribution in [3.63, 3.8) is 0 Å². The van der Waals surface area contributed by atoms with Crippen LogP contribution in [0.3, 0.4) is 0 Å². The normalized spacial score (nSPS) is 11.0. The summed E-state index contributed by atoms with van der Waals surface area (Å²) in [6.07, 6.45) is 0. The lowest BCUT2D eigenvalue weighted by Gasteiger charge is -2.11. The first-order chi connectivity index (χ1) is 65.3. The number of hydrogen-bond acceptors (Lipinski definition) is 6. The van der Waals surface area contributed by atoms with Crippen molar-refractivity contribution in [3.05, 3.63) is 522 Å². The van der Waals surface area contributed by atoms with E-state index in [0.717, 1.165) is 100 Å². The average molecular weight is 1680 g/mol. The molecule has 0 aliphatic heterocycles. The Balaban J connectivity index is 0.000000162. The molecule has 22 rings (SSSR count). The van der Waals surface area contributed by atoms with Crippen LogP contribution in [0.15, 0.2) is 522 Å². The Morgan fingerprint density at radius 2 is 0.159 bits per heavy atom. The molecule has 0 aliphatic carbocycles. The monoisotopic (exact) mass is 1680 g/mol. The van der Waals surface area contributed by atoms with Crippen molar-refractivity contribution in [1.82, 2.24) is 29.9 Å². The Hall–Kier alpha value is -17.6. The van der Waals surface area contributed by atoms with E-state index in [-0.39, 0.29) is 0 Å². The van der Waals surface area contributed by atoms with Crippen LogP contribution in [0.5, 0.6) is 0 Å². The van der Waals surface area contributed by atoms with Gasteiger partial charge in [0, 0.05) is 33.4 Å². The molecule has 0 unspecified atom stereocenters. The van der Waals surface area contributed by atoms with Gasteiger partial charge in [0.15, 0.2) is 34.9 Å². The van der Waals surface area contributed by atoms with Crippen LogP contribution in [0.25, 0.3) is 224 Å². The van der Waals surface area contributed by atoms with Crippen LogP contribution in [-0.2, 0) is 0 Å². The smallest absolute Gasteiger partial charge is 0.164 e. The van der Waals surface area contributed by atoms with Gasteiger partial charge in [0.25, 0.3) is 0 Å². The summed E-state index contributed by atoms with van der Waals surface area (Å²) in [6, 6.07) is 184. The number of rotatable bonds is 20. The topological polar surface area (TPSA) is 77.3 Å². The third-order valence-corrected chi connectivity index (χ3v) is 24.3. The van der Waals surface area contributed by atoms with Gasteiger partial charge in [0.2, 0.25) is 0 Å². The SMILES string of the molecule is c1ccc(-c2cccc(-c3ccc(-c4nc(-c5ccc(-c6cccc(-c7cccc(-c8ccccc8)c7)c6)cc5)nc(-c5ccc(-c6cccc(-c7cccc(-c8ccccc8)c7)c6)cc5)n4)cc3)c2)cc1.c1ccc(-c2cccc(-c3ccc(-c4nc(-c5ccc(-c6cccc(-c7cccc(-c8ccccc8)c7)c6)cc5)nc(-c5cccc(-c6ccccc6)c5)n4)cc3)c2)cc1. The zero-order valence-electron chi connectivity index (χ0n) is 72.3. The summed E-state index contributed by atoms with van der Waals surface area (Å²) in [6.45, 7) is 0. The van der Waals surface area contributed by atoms with E-state index in [1.54, 1.807) is 0 Å². The first-order valence-electron chi connectivity index (χ1n) is 44.6. The second-order valence-corrected chi connectivity index (χ2v) is 32.9. The molecule has 2 heterocycles. The van der Waals surface area contributed by atoms with Crippen LogP contribution in [-0.4, -0.2) is 29.9 Å². The molecule has 0 aliphatic rings. The fourth-order valence-corrected chi connectivity index (χ4v) is 17.2. The van der Waals surface area contributed by atoms with Gasteiger partial charge >= 0.3 is 0 Å². The lowest BCUT2D eigenvalue weighted by molar-refractivity contribution is 1.07. The maximum absolute atomic E-state index is 5.16. The highest BCUT2D eigenvalue weighted by atomic mass is 15.0. The first-order valence-corrected chi connectivity index (χ1v) is 44.6. The van der Waals surface area contributed by atoms with Gasteiger partial charge in [0.05, 0.1) is 0 Å². The Kier molecular flexibility index (Phi) is 23.4. The van der Waals surface area contributed by atoms with Crippen molar-refractivity contribution in [2.24, 2.45) is 0 Å². The van der Waals surface area contributed by atoms with Gasteiger partial charge in [-0.1, -0.05) is 467 Å². The molecule has 0 N–H and O–H groups in total. The van der Waals surface area contributed by atoms with Crippen LogP contribution in [0.2, 0.25) is 0 Å². The molecule has 2 aromatic heterocycles. The third kappa shape index (κ3) is 18.5. The van der Waals surface area contributed by atoms with Crippen molar-refractivity contribution in [3.8, 4) is 224 Å². The summed E-state index contributed by atoms with van der Waals surface area (Å²) in [5.74, 6) is 3.71. The van der Waals surface area contributed by atoms with Crippen molar-refractivity contribution >= 4 is 0 Å². The van der Waals surface area contributed by atoms with Crippen molar-refractivity contribution in [1.29, 1.82) is 0 Å². The second-order valence-electron chi connectivity index (χ2n) is 32.9. The van der Waals surface area contributed by atoms with Crippen LogP contribution in [0, 0.1) is 0 Å². The molecule has 6 nitrogen and oxygen atoms in total. The van der Waals surface area contributed by atoms with Crippen molar-refractivity contribution < 1.29 is 0 Å². The predicted molar refractivity (Wildman–Crippen MR) is 548 cm³/mol. The highest BCUT2D eigenvalue weighted by Gasteiger charge is 2.19. The van der Waals surface area contributed by atoms with E-state index in [1.807, 2.05) is 12.1 Å². The highest BCUT2D eigenvalue weighted by Crippen LogP contribution is 2.40. The van der Waals surface area contributed by atoms with Crippen LogP contribution in [0.4, 0.5) is 0 Å². The molecule has 20 aromatic carbocycles. The molecule has 0 fully saturated rings. The molecule has 0 bridgehead atoms. The molecule has 6 heteroatoms. The summed E-state index contributed by atoms with van der Waals surface area (Å²) in [5, 5.41) is 0. The number of benzene rings is 20. The van der Waals surface area contributed by atoms with E-state index in [0.29, 0.717) is 34.9 Å². The fourth-order valence-electron chi connectivity index (χ4n) is 17.2. The standard InChI is InChI=1S/C69H47N3.C57H39N3/c1-4-15-48(16-5-1)57-21-10-24-60(43-57)51-31-37-54(38-32-51)67-70-68(55-39-33-52(34-40-55)61-25-13-29-65(46-61)63-27-11-22-58(44-63)49-17-6-2-7-18-49)72-69(71-67)56-41-35-53(36-42-56)62-26-14-30-66(47-62)64-28-12-23-59(45-64)50-19-8-3-9-20-50;1-4-14-40(15-5-1)47-20-10-22-49(36-47)43-28-32-45(33-29-43)55-58-56(60-57(59-55)54-27-13-24-51(39-54)42-18-8-3-9-19-42)46-34-30-44(31-35-46)50-23-12-26-53(38-50)52-25-11-21-48(37-52)41-16-6-2-7-17-41/h1-47H;1-39H. The molecule has 620 valence electrons. The molecule has 0 radical (unpaired) electrons. The van der Waals surface area contributed by atoms with E-state index in [1.165, 1.54) is 89.0 Å². The van der Waals surface area contributed by atoms with Gasteiger partial charge in [-0.2, -0.15) is 0 Å². The van der Waals surface area contributed by atoms with Gasteiger partial charge in [-0.3, -0.25) is 0 Å². The maximum atomic E-state index is 5.16. The largest absolute Gasteiger partial charge is 0.208 e. The summed E-state index contributed by atoms with van der Waals surface area (Å²) in [7, 11) is 0.